The number of aryl methyl sites for hydroxylation is 1. The van der Waals surface area contributed by atoms with Crippen LogP contribution in [0.5, 0.6) is 5.75 Å². The number of hydrogen-bond acceptors (Lipinski definition) is 5. The lowest BCUT2D eigenvalue weighted by Crippen LogP contribution is -2.50. The lowest BCUT2D eigenvalue weighted by Gasteiger charge is -2.34. The molecule has 7 heteroatoms. The van der Waals surface area contributed by atoms with Gasteiger partial charge in [0.25, 0.3) is 0 Å². The molecule has 1 aromatic carbocycles. The molecule has 30 heavy (non-hydrogen) atoms. The maximum absolute atomic E-state index is 12.7. The highest BCUT2D eigenvalue weighted by Gasteiger charge is 2.22. The number of hydrogen-bond donors (Lipinski definition) is 0. The maximum Gasteiger partial charge on any atom is 0.233 e. The molecule has 0 saturated carbocycles. The molecule has 1 aliphatic rings. The Morgan fingerprint density at radius 1 is 1.10 bits per heavy atom. The van der Waals surface area contributed by atoms with Crippen LogP contribution in [0.15, 0.2) is 35.5 Å². The van der Waals surface area contributed by atoms with Crippen molar-refractivity contribution in [2.75, 3.05) is 45.1 Å². The number of rotatable bonds is 10. The first-order valence-corrected chi connectivity index (χ1v) is 11.9. The fourth-order valence-corrected chi connectivity index (χ4v) is 4.58. The molecular weight excluding hydrogens is 396 g/mol. The monoisotopic (exact) mass is 430 g/mol. The summed E-state index contributed by atoms with van der Waals surface area (Å²) < 4.78 is 8.05. The number of ether oxygens (including phenoxy) is 1. The highest BCUT2D eigenvalue weighted by atomic mass is 32.2. The molecule has 3 rings (SSSR count). The van der Waals surface area contributed by atoms with Gasteiger partial charge in [0.15, 0.2) is 5.16 Å². The van der Waals surface area contributed by atoms with Gasteiger partial charge < -0.3 is 14.2 Å². The summed E-state index contributed by atoms with van der Waals surface area (Å²) in [5.41, 5.74) is 2.28. The van der Waals surface area contributed by atoms with Gasteiger partial charge in [-0.1, -0.05) is 43.3 Å². The molecule has 0 radical (unpaired) electrons. The summed E-state index contributed by atoms with van der Waals surface area (Å²) in [5.74, 6) is 1.57. The van der Waals surface area contributed by atoms with Crippen LogP contribution in [0.2, 0.25) is 0 Å². The van der Waals surface area contributed by atoms with E-state index in [2.05, 4.69) is 28.3 Å². The first kappa shape index (κ1) is 22.7. The molecule has 0 N–H and O–H groups in total. The number of imidazole rings is 1. The largest absolute Gasteiger partial charge is 0.492 e. The molecule has 0 unspecified atom stereocenters. The van der Waals surface area contributed by atoms with Gasteiger partial charge in [0.05, 0.1) is 11.4 Å². The summed E-state index contributed by atoms with van der Waals surface area (Å²) in [4.78, 5) is 21.8. The average Bonchev–Trinajstić information content (AvgIpc) is 3.04. The number of nitrogens with zero attached hydrogens (tertiary/aromatic N) is 4. The fourth-order valence-electron chi connectivity index (χ4n) is 3.56. The zero-order chi connectivity index (χ0) is 21.3. The van der Waals surface area contributed by atoms with E-state index in [1.54, 1.807) is 11.8 Å². The predicted molar refractivity (Wildman–Crippen MR) is 122 cm³/mol. The molecule has 1 saturated heterocycles. The van der Waals surface area contributed by atoms with Crippen molar-refractivity contribution in [1.82, 2.24) is 19.4 Å². The van der Waals surface area contributed by atoms with E-state index in [-0.39, 0.29) is 5.91 Å². The van der Waals surface area contributed by atoms with E-state index in [1.165, 1.54) is 5.69 Å². The van der Waals surface area contributed by atoms with Crippen molar-refractivity contribution in [3.63, 3.8) is 0 Å². The van der Waals surface area contributed by atoms with Crippen molar-refractivity contribution in [3.05, 3.63) is 41.7 Å². The number of amides is 1. The third-order valence-corrected chi connectivity index (χ3v) is 6.59. The summed E-state index contributed by atoms with van der Waals surface area (Å²) >= 11 is 1.57. The first-order valence-electron chi connectivity index (χ1n) is 10.9. The van der Waals surface area contributed by atoms with E-state index >= 15 is 0 Å². The highest BCUT2D eigenvalue weighted by Crippen LogP contribution is 2.22. The molecule has 164 valence electrons. The van der Waals surface area contributed by atoms with Gasteiger partial charge >= 0.3 is 0 Å². The van der Waals surface area contributed by atoms with E-state index in [9.17, 15) is 4.79 Å². The molecule has 2 aromatic rings. The zero-order valence-corrected chi connectivity index (χ0v) is 19.3. The molecule has 1 amide bonds. The number of para-hydroxylation sites is 1. The van der Waals surface area contributed by atoms with Crippen molar-refractivity contribution in [1.29, 1.82) is 0 Å². The molecule has 0 spiro atoms. The SMILES string of the molecule is CCCCn1c(SCC(=O)N2CCN(CCOc3ccccc3)CC2)nc(C)c1C. The first-order chi connectivity index (χ1) is 14.6. The minimum absolute atomic E-state index is 0.209. The second-order valence-electron chi connectivity index (χ2n) is 7.74. The van der Waals surface area contributed by atoms with E-state index in [4.69, 9.17) is 4.74 Å². The Labute approximate surface area is 184 Å². The van der Waals surface area contributed by atoms with Gasteiger partial charge in [0.1, 0.15) is 12.4 Å². The molecule has 1 aliphatic heterocycles. The van der Waals surface area contributed by atoms with Gasteiger partial charge in [-0.2, -0.15) is 0 Å². The van der Waals surface area contributed by atoms with Crippen LogP contribution in [-0.2, 0) is 11.3 Å². The normalized spacial score (nSPS) is 14.8. The Hall–Kier alpha value is -1.99. The average molecular weight is 431 g/mol. The highest BCUT2D eigenvalue weighted by molar-refractivity contribution is 7.99. The van der Waals surface area contributed by atoms with Crippen molar-refractivity contribution in [3.8, 4) is 5.75 Å². The third kappa shape index (κ3) is 6.25. The van der Waals surface area contributed by atoms with E-state index in [0.717, 1.165) is 68.7 Å². The summed E-state index contributed by atoms with van der Waals surface area (Å²) in [6.07, 6.45) is 2.29. The van der Waals surface area contributed by atoms with Crippen LogP contribution in [0.3, 0.4) is 0 Å². The van der Waals surface area contributed by atoms with Crippen LogP contribution in [0.25, 0.3) is 0 Å². The van der Waals surface area contributed by atoms with Crippen LogP contribution >= 0.6 is 11.8 Å². The van der Waals surface area contributed by atoms with Crippen LogP contribution < -0.4 is 4.74 Å². The quantitative estimate of drug-likeness (QED) is 0.539. The van der Waals surface area contributed by atoms with E-state index in [0.29, 0.717) is 12.4 Å². The number of carbonyl (C=O) groups is 1. The van der Waals surface area contributed by atoms with Gasteiger partial charge in [-0.25, -0.2) is 4.98 Å². The maximum atomic E-state index is 12.7. The minimum atomic E-state index is 0.209. The number of thioether (sulfide) groups is 1. The topological polar surface area (TPSA) is 50.6 Å². The lowest BCUT2D eigenvalue weighted by atomic mass is 10.3. The Morgan fingerprint density at radius 2 is 1.83 bits per heavy atom. The smallest absolute Gasteiger partial charge is 0.233 e. The zero-order valence-electron chi connectivity index (χ0n) is 18.5. The second-order valence-corrected chi connectivity index (χ2v) is 8.69. The van der Waals surface area contributed by atoms with Crippen molar-refractivity contribution in [2.24, 2.45) is 0 Å². The van der Waals surface area contributed by atoms with Crippen LogP contribution in [0.1, 0.15) is 31.2 Å². The number of benzene rings is 1. The Kier molecular flexibility index (Phi) is 8.63. The number of aromatic nitrogens is 2. The molecule has 0 atom stereocenters. The summed E-state index contributed by atoms with van der Waals surface area (Å²) in [5, 5.41) is 0.975. The molecular formula is C23H34N4O2S. The number of unbranched alkanes of at least 4 members (excludes halogenated alkanes) is 1. The Balaban J connectivity index is 1.40. The predicted octanol–water partition coefficient (Wildman–Crippen LogP) is 3.62. The van der Waals surface area contributed by atoms with Gasteiger partial charge in [-0.3, -0.25) is 9.69 Å². The minimum Gasteiger partial charge on any atom is -0.492 e. The Morgan fingerprint density at radius 3 is 2.53 bits per heavy atom. The summed E-state index contributed by atoms with van der Waals surface area (Å²) in [7, 11) is 0. The van der Waals surface area contributed by atoms with Crippen molar-refractivity contribution >= 4 is 17.7 Å². The molecule has 2 heterocycles. The van der Waals surface area contributed by atoms with Gasteiger partial charge in [-0.15, -0.1) is 0 Å². The number of carbonyl (C=O) groups excluding carboxylic acids is 1. The molecule has 1 aromatic heterocycles. The summed E-state index contributed by atoms with van der Waals surface area (Å²) in [6, 6.07) is 9.91. The molecule has 0 aliphatic carbocycles. The third-order valence-electron chi connectivity index (χ3n) is 5.63. The van der Waals surface area contributed by atoms with Gasteiger partial charge in [0, 0.05) is 45.0 Å². The second kappa shape index (κ2) is 11.4. The molecule has 1 fully saturated rings. The summed E-state index contributed by atoms with van der Waals surface area (Å²) in [6.45, 7) is 12.3. The molecule has 0 bridgehead atoms. The number of piperazine rings is 1. The van der Waals surface area contributed by atoms with Gasteiger partial charge in [-0.05, 0) is 32.4 Å². The van der Waals surface area contributed by atoms with E-state index < -0.39 is 0 Å². The lowest BCUT2D eigenvalue weighted by molar-refractivity contribution is -0.130. The standard InChI is InChI=1S/C23H34N4O2S/c1-4-5-11-27-20(3)19(2)24-23(27)30-18-22(28)26-14-12-25(13-15-26)16-17-29-21-9-7-6-8-10-21/h6-10H,4-5,11-18H2,1-3H3. The van der Waals surface area contributed by atoms with Crippen molar-refractivity contribution in [2.45, 2.75) is 45.3 Å². The van der Waals surface area contributed by atoms with Crippen LogP contribution in [0, 0.1) is 13.8 Å². The Bertz CT molecular complexity index is 801. The van der Waals surface area contributed by atoms with Crippen molar-refractivity contribution < 1.29 is 9.53 Å². The molecule has 6 nitrogen and oxygen atoms in total. The van der Waals surface area contributed by atoms with Crippen LogP contribution in [0.4, 0.5) is 0 Å². The fraction of sp³-hybridized carbons (Fsp3) is 0.565. The van der Waals surface area contributed by atoms with E-state index in [1.807, 2.05) is 42.2 Å². The van der Waals surface area contributed by atoms with Crippen LogP contribution in [-0.4, -0.2) is 70.3 Å². The van der Waals surface area contributed by atoms with Gasteiger partial charge in [0.2, 0.25) is 5.91 Å².